The van der Waals surface area contributed by atoms with Crippen molar-refractivity contribution in [3.05, 3.63) is 24.3 Å². The van der Waals surface area contributed by atoms with Gasteiger partial charge in [0.25, 0.3) is 0 Å². The first-order chi connectivity index (χ1) is 6.34. The summed E-state index contributed by atoms with van der Waals surface area (Å²) < 4.78 is 9.54. The smallest absolute Gasteiger partial charge is 0.335 e. The van der Waals surface area contributed by atoms with E-state index in [2.05, 4.69) is 13.2 Å². The molecule has 0 aromatic heterocycles. The molecule has 0 aromatic rings. The van der Waals surface area contributed by atoms with Crippen LogP contribution >= 0.6 is 0 Å². The van der Waals surface area contributed by atoms with Crippen LogP contribution in [0.25, 0.3) is 0 Å². The van der Waals surface area contributed by atoms with Crippen LogP contribution in [0, 0.1) is 0 Å². The van der Waals surface area contributed by atoms with E-state index in [4.69, 9.17) is 9.47 Å². The molecule has 0 heterocycles. The van der Waals surface area contributed by atoms with Crippen LogP contribution in [0.3, 0.4) is 0 Å². The number of hydrogen-bond donors (Lipinski definition) is 0. The van der Waals surface area contributed by atoms with Crippen molar-refractivity contribution in [2.24, 2.45) is 0 Å². The lowest BCUT2D eigenvalue weighted by Gasteiger charge is -2.14. The lowest BCUT2D eigenvalue weighted by molar-refractivity contribution is -0.168. The molecular formula is C9H14O4Si. The molecule has 0 radical (unpaired) electrons. The highest BCUT2D eigenvalue weighted by atomic mass is 28.1. The first-order valence-corrected chi connectivity index (χ1v) is 5.23. The number of ether oxygens (including phenoxy) is 2. The molecule has 0 aliphatic heterocycles. The number of hydrogen-bond acceptors (Lipinski definition) is 4. The Hall–Kier alpha value is -1.36. The average molecular weight is 214 g/mol. The molecule has 78 valence electrons. The van der Waals surface area contributed by atoms with E-state index in [1.165, 1.54) is 13.8 Å². The van der Waals surface area contributed by atoms with Gasteiger partial charge in [-0.3, -0.25) is 0 Å². The van der Waals surface area contributed by atoms with Gasteiger partial charge in [-0.05, 0) is 13.8 Å². The van der Waals surface area contributed by atoms with Crippen LogP contribution in [-0.4, -0.2) is 28.1 Å². The first-order valence-electron chi connectivity index (χ1n) is 4.07. The molecule has 14 heavy (non-hydrogen) atoms. The summed E-state index contributed by atoms with van der Waals surface area (Å²) in [4.78, 5) is 22.0. The van der Waals surface area contributed by atoms with Gasteiger partial charge in [-0.1, -0.05) is 13.2 Å². The van der Waals surface area contributed by atoms with E-state index in [-0.39, 0.29) is 11.1 Å². The third kappa shape index (κ3) is 4.61. The van der Waals surface area contributed by atoms with Gasteiger partial charge in [0.2, 0.25) is 5.91 Å². The summed E-state index contributed by atoms with van der Waals surface area (Å²) in [5.41, 5.74) is 0.550. The Labute approximate surface area is 86.0 Å². The van der Waals surface area contributed by atoms with E-state index in [1.54, 1.807) is 0 Å². The van der Waals surface area contributed by atoms with Gasteiger partial charge >= 0.3 is 11.9 Å². The second-order valence-electron chi connectivity index (χ2n) is 2.94. The van der Waals surface area contributed by atoms with E-state index in [0.29, 0.717) is 10.2 Å². The fraction of sp³-hybridized carbons (Fsp3) is 0.333. The van der Waals surface area contributed by atoms with E-state index >= 15 is 0 Å². The molecule has 0 atom stereocenters. The molecule has 0 aliphatic carbocycles. The summed E-state index contributed by atoms with van der Waals surface area (Å²) in [5, 5.41) is 0. The Morgan fingerprint density at radius 2 is 1.36 bits per heavy atom. The van der Waals surface area contributed by atoms with E-state index in [0.717, 1.165) is 0 Å². The van der Waals surface area contributed by atoms with Crippen molar-refractivity contribution >= 4 is 22.2 Å². The topological polar surface area (TPSA) is 52.6 Å². The molecule has 0 N–H and O–H groups in total. The summed E-state index contributed by atoms with van der Waals surface area (Å²) >= 11 is 0. The zero-order chi connectivity index (χ0) is 11.3. The summed E-state index contributed by atoms with van der Waals surface area (Å²) in [6, 6.07) is 0. The van der Waals surface area contributed by atoms with Crippen LogP contribution in [-0.2, 0) is 19.1 Å². The Balaban J connectivity index is 4.05. The summed E-state index contributed by atoms with van der Waals surface area (Å²) in [5.74, 6) is -1.90. The van der Waals surface area contributed by atoms with Gasteiger partial charge in [0, 0.05) is 11.1 Å². The minimum Gasteiger partial charge on any atom is -0.427 e. The standard InChI is InChI=1S/C9H14O4Si/c1-5(2)7(10)12-9(14)13-8(11)6(3)4/h9H,1,3H2,2,4,14H3. The Morgan fingerprint density at radius 3 is 1.57 bits per heavy atom. The molecule has 0 aromatic carbocycles. The highest BCUT2D eigenvalue weighted by Crippen LogP contribution is 2.00. The van der Waals surface area contributed by atoms with Gasteiger partial charge in [0.1, 0.15) is 10.2 Å². The maximum absolute atomic E-state index is 11.0. The second-order valence-corrected chi connectivity index (χ2v) is 3.88. The molecule has 5 heteroatoms. The molecule has 4 nitrogen and oxygen atoms in total. The number of carbonyl (C=O) groups excluding carboxylic acids is 2. The molecular weight excluding hydrogens is 200 g/mol. The van der Waals surface area contributed by atoms with Gasteiger partial charge < -0.3 is 9.47 Å². The zero-order valence-electron chi connectivity index (χ0n) is 8.62. The van der Waals surface area contributed by atoms with E-state index in [9.17, 15) is 9.59 Å². The molecule has 0 unspecified atom stereocenters. The molecule has 0 saturated heterocycles. The lowest BCUT2D eigenvalue weighted by atomic mass is 10.4. The quantitative estimate of drug-likeness (QED) is 0.283. The third-order valence-electron chi connectivity index (χ3n) is 1.24. The van der Waals surface area contributed by atoms with Crippen LogP contribution in [0.2, 0.25) is 0 Å². The summed E-state index contributed by atoms with van der Waals surface area (Å²) in [7, 11) is 0.408. The first kappa shape index (κ1) is 12.6. The van der Waals surface area contributed by atoms with Gasteiger partial charge in [0.15, 0.2) is 0 Å². The van der Waals surface area contributed by atoms with Crippen LogP contribution in [0.15, 0.2) is 24.3 Å². The Kier molecular flexibility index (Phi) is 4.86. The van der Waals surface area contributed by atoms with E-state index < -0.39 is 17.9 Å². The van der Waals surface area contributed by atoms with Gasteiger partial charge in [0.05, 0.1) is 0 Å². The molecule has 0 fully saturated rings. The SMILES string of the molecule is C=C(C)C(=O)OC([SiH3])OC(=O)C(=C)C. The third-order valence-corrected chi connectivity index (χ3v) is 1.71. The highest BCUT2D eigenvalue weighted by molar-refractivity contribution is 6.12. The average Bonchev–Trinajstić information content (AvgIpc) is 2.03. The normalized spacial score (nSPS) is 9.64. The molecule has 0 aliphatic rings. The minimum atomic E-state index is -0.789. The van der Waals surface area contributed by atoms with E-state index in [1.807, 2.05) is 0 Å². The maximum Gasteiger partial charge on any atom is 0.335 e. The van der Waals surface area contributed by atoms with Gasteiger partial charge in [-0.2, -0.15) is 0 Å². The zero-order valence-corrected chi connectivity index (χ0v) is 10.6. The molecule has 0 rings (SSSR count). The lowest BCUT2D eigenvalue weighted by Crippen LogP contribution is -2.25. The van der Waals surface area contributed by atoms with Crippen LogP contribution in [0.1, 0.15) is 13.8 Å². The van der Waals surface area contributed by atoms with Gasteiger partial charge in [-0.25, -0.2) is 9.59 Å². The monoisotopic (exact) mass is 214 g/mol. The second kappa shape index (κ2) is 5.38. The van der Waals surface area contributed by atoms with Crippen LogP contribution in [0.5, 0.6) is 0 Å². The van der Waals surface area contributed by atoms with Crippen LogP contribution < -0.4 is 0 Å². The fourth-order valence-corrected chi connectivity index (χ4v) is 0.955. The predicted molar refractivity (Wildman–Crippen MR) is 55.5 cm³/mol. The number of esters is 2. The van der Waals surface area contributed by atoms with Crippen LogP contribution in [0.4, 0.5) is 0 Å². The van der Waals surface area contributed by atoms with Crippen molar-refractivity contribution in [3.8, 4) is 0 Å². The fourth-order valence-electron chi connectivity index (χ4n) is 0.527. The van der Waals surface area contributed by atoms with Crippen molar-refractivity contribution in [1.82, 2.24) is 0 Å². The predicted octanol–water partition coefficient (Wildman–Crippen LogP) is -0.126. The largest absolute Gasteiger partial charge is 0.427 e. The molecule has 0 saturated carbocycles. The molecule has 0 bridgehead atoms. The molecule has 0 amide bonds. The number of rotatable bonds is 4. The van der Waals surface area contributed by atoms with Crippen molar-refractivity contribution < 1.29 is 19.1 Å². The Bertz CT molecular complexity index is 255. The summed E-state index contributed by atoms with van der Waals surface area (Å²) in [6.45, 7) is 9.86. The minimum absolute atomic E-state index is 0.275. The highest BCUT2D eigenvalue weighted by Gasteiger charge is 2.14. The number of carbonyl (C=O) groups is 2. The maximum atomic E-state index is 11.0. The van der Waals surface area contributed by atoms with Crippen molar-refractivity contribution in [2.45, 2.75) is 19.8 Å². The van der Waals surface area contributed by atoms with Gasteiger partial charge in [-0.15, -0.1) is 0 Å². The summed E-state index contributed by atoms with van der Waals surface area (Å²) in [6.07, 6.45) is 0. The molecule has 0 spiro atoms. The van der Waals surface area contributed by atoms with Crippen molar-refractivity contribution in [2.75, 3.05) is 0 Å². The van der Waals surface area contributed by atoms with Crippen molar-refractivity contribution in [3.63, 3.8) is 0 Å². The van der Waals surface area contributed by atoms with Crippen molar-refractivity contribution in [1.29, 1.82) is 0 Å². The Morgan fingerprint density at radius 1 is 1.07 bits per heavy atom.